The molecule has 0 spiro atoms. The summed E-state index contributed by atoms with van der Waals surface area (Å²) < 4.78 is 42.3. The molecule has 10 heteroatoms. The van der Waals surface area contributed by atoms with Gasteiger partial charge >= 0.3 is 5.97 Å². The Morgan fingerprint density at radius 3 is 2.12 bits per heavy atom. The fourth-order valence-electron chi connectivity index (χ4n) is 3.65. The number of aryl methyl sites for hydroxylation is 1. The third-order valence-electron chi connectivity index (χ3n) is 5.86. The summed E-state index contributed by atoms with van der Waals surface area (Å²) in [7, 11) is -2.70. The monoisotopic (exact) mass is 576 g/mol. The van der Waals surface area contributed by atoms with Crippen LogP contribution in [0.1, 0.15) is 38.8 Å². The van der Waals surface area contributed by atoms with Crippen molar-refractivity contribution in [3.8, 4) is 11.5 Å². The lowest BCUT2D eigenvalue weighted by Crippen LogP contribution is -2.16. The molecule has 0 fully saturated rings. The maximum atomic E-state index is 12.9. The number of sulfonamides is 1. The standard InChI is InChI=1S/C30H28N2O6S2/c1-20-4-15-27(16-5-20)40(35,36)32-29-17-12-25(18-28(29)30(34)37-3)38-24-10-6-22(7-11-24)19-31-39-26-13-8-23(9-14-26)21(2)33/h4-18,31-32H,19H2,1-3H3. The Kier molecular flexibility index (Phi) is 9.26. The second-order valence-electron chi connectivity index (χ2n) is 8.87. The summed E-state index contributed by atoms with van der Waals surface area (Å²) in [6.45, 7) is 4.00. The van der Waals surface area contributed by atoms with E-state index in [1.165, 1.54) is 43.3 Å². The van der Waals surface area contributed by atoms with Gasteiger partial charge in [0.05, 0.1) is 23.3 Å². The lowest BCUT2D eigenvalue weighted by molar-refractivity contribution is 0.0601. The van der Waals surface area contributed by atoms with Gasteiger partial charge in [0.25, 0.3) is 10.0 Å². The number of ether oxygens (including phenoxy) is 2. The summed E-state index contributed by atoms with van der Waals surface area (Å²) in [5, 5.41) is 0. The summed E-state index contributed by atoms with van der Waals surface area (Å²) in [4.78, 5) is 24.9. The molecule has 2 N–H and O–H groups in total. The highest BCUT2D eigenvalue weighted by molar-refractivity contribution is 7.97. The van der Waals surface area contributed by atoms with Crippen LogP contribution in [0.25, 0.3) is 0 Å². The highest BCUT2D eigenvalue weighted by Crippen LogP contribution is 2.29. The van der Waals surface area contributed by atoms with Crippen molar-refractivity contribution in [3.05, 3.63) is 113 Å². The van der Waals surface area contributed by atoms with E-state index >= 15 is 0 Å². The molecular formula is C30H28N2O6S2. The van der Waals surface area contributed by atoms with Crippen molar-refractivity contribution in [2.24, 2.45) is 0 Å². The maximum absolute atomic E-state index is 12.9. The number of ketones is 1. The van der Waals surface area contributed by atoms with Gasteiger partial charge in [0.1, 0.15) is 11.5 Å². The maximum Gasteiger partial charge on any atom is 0.340 e. The van der Waals surface area contributed by atoms with E-state index in [1.807, 2.05) is 31.2 Å². The number of methoxy groups -OCH3 is 1. The van der Waals surface area contributed by atoms with Crippen molar-refractivity contribution in [3.63, 3.8) is 0 Å². The Morgan fingerprint density at radius 1 is 0.850 bits per heavy atom. The van der Waals surface area contributed by atoms with Crippen molar-refractivity contribution >= 4 is 39.4 Å². The van der Waals surface area contributed by atoms with Crippen LogP contribution in [-0.2, 0) is 21.3 Å². The minimum absolute atomic E-state index is 0.0184. The van der Waals surface area contributed by atoms with E-state index in [2.05, 4.69) is 9.44 Å². The SMILES string of the molecule is COC(=O)c1cc(Oc2ccc(CNSc3ccc(C(C)=O)cc3)cc2)ccc1NS(=O)(=O)c1ccc(C)cc1. The average molecular weight is 577 g/mol. The topological polar surface area (TPSA) is 111 Å². The van der Waals surface area contributed by atoms with E-state index in [1.54, 1.807) is 49.4 Å². The van der Waals surface area contributed by atoms with Gasteiger partial charge in [-0.1, -0.05) is 42.0 Å². The van der Waals surface area contributed by atoms with Crippen LogP contribution < -0.4 is 14.2 Å². The van der Waals surface area contributed by atoms with Crippen LogP contribution >= 0.6 is 11.9 Å². The average Bonchev–Trinajstić information content (AvgIpc) is 2.94. The molecule has 4 aromatic carbocycles. The minimum atomic E-state index is -3.92. The first-order chi connectivity index (χ1) is 19.1. The number of nitrogens with one attached hydrogen (secondary N) is 2. The zero-order valence-electron chi connectivity index (χ0n) is 22.1. The highest BCUT2D eigenvalue weighted by Gasteiger charge is 2.20. The summed E-state index contributed by atoms with van der Waals surface area (Å²) >= 11 is 1.47. The third-order valence-corrected chi connectivity index (χ3v) is 8.04. The fourth-order valence-corrected chi connectivity index (χ4v) is 5.41. The van der Waals surface area contributed by atoms with Crippen molar-refractivity contribution in [1.82, 2.24) is 4.72 Å². The first-order valence-electron chi connectivity index (χ1n) is 12.2. The van der Waals surface area contributed by atoms with Gasteiger partial charge in [-0.15, -0.1) is 0 Å². The van der Waals surface area contributed by atoms with E-state index in [9.17, 15) is 18.0 Å². The first-order valence-corrected chi connectivity index (χ1v) is 14.5. The number of Topliss-reactive ketones (excluding diaryl/α,β-unsaturated/α-hetero) is 1. The van der Waals surface area contributed by atoms with Crippen LogP contribution in [0.3, 0.4) is 0 Å². The molecule has 0 amide bonds. The third kappa shape index (κ3) is 7.50. The summed E-state index contributed by atoms with van der Waals surface area (Å²) in [6.07, 6.45) is 0. The Balaban J connectivity index is 1.41. The van der Waals surface area contributed by atoms with E-state index in [0.717, 1.165) is 16.0 Å². The zero-order valence-corrected chi connectivity index (χ0v) is 23.8. The van der Waals surface area contributed by atoms with Crippen LogP contribution in [0.2, 0.25) is 0 Å². The number of hydrogen-bond donors (Lipinski definition) is 2. The van der Waals surface area contributed by atoms with E-state index < -0.39 is 16.0 Å². The smallest absolute Gasteiger partial charge is 0.340 e. The molecule has 8 nitrogen and oxygen atoms in total. The number of hydrogen-bond acceptors (Lipinski definition) is 8. The molecule has 0 aliphatic carbocycles. The Hall–Kier alpha value is -4.12. The Bertz CT molecular complexity index is 1600. The summed E-state index contributed by atoms with van der Waals surface area (Å²) in [5.74, 6) is 0.211. The molecule has 4 rings (SSSR count). The molecule has 0 unspecified atom stereocenters. The highest BCUT2D eigenvalue weighted by atomic mass is 32.2. The van der Waals surface area contributed by atoms with Crippen LogP contribution in [0.5, 0.6) is 11.5 Å². The van der Waals surface area contributed by atoms with Gasteiger partial charge in [-0.25, -0.2) is 13.2 Å². The number of carbonyl (C=O) groups is 2. The van der Waals surface area contributed by atoms with Crippen LogP contribution in [-0.4, -0.2) is 27.3 Å². The number of esters is 1. The second-order valence-corrected chi connectivity index (χ2v) is 11.5. The minimum Gasteiger partial charge on any atom is -0.465 e. The molecule has 0 saturated heterocycles. The van der Waals surface area contributed by atoms with Gasteiger partial charge in [-0.2, -0.15) is 0 Å². The number of rotatable bonds is 11. The van der Waals surface area contributed by atoms with E-state index in [-0.39, 0.29) is 21.9 Å². The zero-order chi connectivity index (χ0) is 28.7. The molecule has 206 valence electrons. The molecule has 0 saturated carbocycles. The largest absolute Gasteiger partial charge is 0.465 e. The normalized spacial score (nSPS) is 11.1. The molecule has 0 aliphatic heterocycles. The Morgan fingerprint density at radius 2 is 1.50 bits per heavy atom. The van der Waals surface area contributed by atoms with Crippen LogP contribution in [0.4, 0.5) is 5.69 Å². The van der Waals surface area contributed by atoms with Gasteiger partial charge in [-0.3, -0.25) is 14.2 Å². The fraction of sp³-hybridized carbons (Fsp3) is 0.133. The van der Waals surface area contributed by atoms with Gasteiger partial charge in [0.2, 0.25) is 0 Å². The lowest BCUT2D eigenvalue weighted by atomic mass is 10.1. The number of anilines is 1. The predicted molar refractivity (Wildman–Crippen MR) is 155 cm³/mol. The van der Waals surface area contributed by atoms with Gasteiger partial charge in [-0.05, 0) is 86.0 Å². The van der Waals surface area contributed by atoms with Gasteiger partial charge in [0, 0.05) is 17.0 Å². The molecule has 0 radical (unpaired) electrons. The predicted octanol–water partition coefficient (Wildman–Crippen LogP) is 6.37. The van der Waals surface area contributed by atoms with Crippen LogP contribution in [0, 0.1) is 6.92 Å². The molecule has 4 aromatic rings. The van der Waals surface area contributed by atoms with Crippen molar-refractivity contribution in [2.75, 3.05) is 11.8 Å². The van der Waals surface area contributed by atoms with Gasteiger partial charge in [0.15, 0.2) is 5.78 Å². The molecule has 0 aliphatic rings. The summed E-state index contributed by atoms with van der Waals surface area (Å²) in [6, 6.07) is 25.7. The second kappa shape index (κ2) is 12.8. The lowest BCUT2D eigenvalue weighted by Gasteiger charge is -2.14. The first kappa shape index (κ1) is 28.9. The van der Waals surface area contributed by atoms with Crippen molar-refractivity contribution < 1.29 is 27.5 Å². The molecule has 0 heterocycles. The number of benzene rings is 4. The van der Waals surface area contributed by atoms with Crippen molar-refractivity contribution in [2.45, 2.75) is 30.2 Å². The molecular weight excluding hydrogens is 548 g/mol. The van der Waals surface area contributed by atoms with E-state index in [4.69, 9.17) is 9.47 Å². The van der Waals surface area contributed by atoms with Crippen LogP contribution in [0.15, 0.2) is 101 Å². The Labute approximate surface area is 237 Å². The van der Waals surface area contributed by atoms with E-state index in [0.29, 0.717) is 23.6 Å². The molecule has 0 bridgehead atoms. The molecule has 40 heavy (non-hydrogen) atoms. The van der Waals surface area contributed by atoms with Crippen molar-refractivity contribution in [1.29, 1.82) is 0 Å². The molecule has 0 atom stereocenters. The summed E-state index contributed by atoms with van der Waals surface area (Å²) in [5.41, 5.74) is 2.73. The number of carbonyl (C=O) groups excluding carboxylic acids is 2. The molecule has 0 aromatic heterocycles. The quantitative estimate of drug-likeness (QED) is 0.120. The van der Waals surface area contributed by atoms with Gasteiger partial charge < -0.3 is 9.47 Å².